The van der Waals surface area contributed by atoms with Gasteiger partial charge in [-0.05, 0) is 38.1 Å². The van der Waals surface area contributed by atoms with Crippen LogP contribution in [0.25, 0.3) is 0 Å². The van der Waals surface area contributed by atoms with E-state index in [1.807, 2.05) is 6.92 Å². The van der Waals surface area contributed by atoms with E-state index in [1.165, 1.54) is 19.3 Å². The van der Waals surface area contributed by atoms with Crippen LogP contribution in [-0.2, 0) is 11.3 Å². The van der Waals surface area contributed by atoms with Gasteiger partial charge in [0.25, 0.3) is 0 Å². The lowest BCUT2D eigenvalue weighted by molar-refractivity contribution is 0.126. The minimum Gasteiger partial charge on any atom is -0.374 e. The van der Waals surface area contributed by atoms with Crippen molar-refractivity contribution < 1.29 is 9.26 Å². The summed E-state index contributed by atoms with van der Waals surface area (Å²) in [5.41, 5.74) is 0. The van der Waals surface area contributed by atoms with Crippen LogP contribution in [0.4, 0.5) is 0 Å². The Kier molecular flexibility index (Phi) is 3.11. The molecule has 5 heteroatoms. The van der Waals surface area contributed by atoms with E-state index >= 15 is 0 Å². The van der Waals surface area contributed by atoms with Gasteiger partial charge in [0.1, 0.15) is 6.61 Å². The number of hydrogen-bond acceptors (Lipinski definition) is 5. The van der Waals surface area contributed by atoms with Gasteiger partial charge in [-0.3, -0.25) is 0 Å². The van der Waals surface area contributed by atoms with Gasteiger partial charge < -0.3 is 14.6 Å². The summed E-state index contributed by atoms with van der Waals surface area (Å²) < 4.78 is 10.6. The summed E-state index contributed by atoms with van der Waals surface area (Å²) in [5.74, 6) is 2.90. The molecule has 3 atom stereocenters. The predicted octanol–water partition coefficient (Wildman–Crippen LogP) is 1.67. The summed E-state index contributed by atoms with van der Waals surface area (Å²) >= 11 is 0. The molecule has 3 rings (SSSR count). The van der Waals surface area contributed by atoms with E-state index in [1.54, 1.807) is 0 Å². The first-order chi connectivity index (χ1) is 8.38. The molecule has 1 aliphatic carbocycles. The second-order valence-electron chi connectivity index (χ2n) is 4.93. The van der Waals surface area contributed by atoms with Crippen molar-refractivity contribution in [3.8, 4) is 0 Å². The summed E-state index contributed by atoms with van der Waals surface area (Å²) in [6.45, 7) is 4.18. The minimum absolute atomic E-state index is 0.269. The normalized spacial score (nSPS) is 31.9. The van der Waals surface area contributed by atoms with E-state index in [0.717, 1.165) is 18.4 Å². The average molecular weight is 237 g/mol. The fraction of sp³-hybridized carbons (Fsp3) is 0.833. The zero-order valence-electron chi connectivity index (χ0n) is 10.2. The number of nitrogens with zero attached hydrogens (tertiary/aromatic N) is 2. The Labute approximate surface area is 101 Å². The maximum absolute atomic E-state index is 5.35. The lowest BCUT2D eigenvalue weighted by Gasteiger charge is -2.13. The van der Waals surface area contributed by atoms with Crippen LogP contribution in [0.2, 0.25) is 0 Å². The van der Waals surface area contributed by atoms with Crippen LogP contribution >= 0.6 is 0 Å². The lowest BCUT2D eigenvalue weighted by Crippen LogP contribution is -2.18. The van der Waals surface area contributed by atoms with Gasteiger partial charge in [0.05, 0.1) is 6.04 Å². The molecule has 1 aromatic heterocycles. The van der Waals surface area contributed by atoms with Crippen molar-refractivity contribution >= 4 is 0 Å². The van der Waals surface area contributed by atoms with Crippen LogP contribution in [0.15, 0.2) is 4.52 Å². The molecule has 2 fully saturated rings. The fourth-order valence-corrected chi connectivity index (χ4v) is 3.10. The highest BCUT2D eigenvalue weighted by molar-refractivity contribution is 5.03. The molecule has 2 aliphatic rings. The highest BCUT2D eigenvalue weighted by atomic mass is 16.5. The number of nitrogens with one attached hydrogen (secondary N) is 1. The summed E-state index contributed by atoms with van der Waals surface area (Å²) in [7, 11) is 0. The molecule has 0 bridgehead atoms. The van der Waals surface area contributed by atoms with Crippen LogP contribution in [0, 0.1) is 11.8 Å². The molecule has 2 heterocycles. The Morgan fingerprint density at radius 3 is 3.29 bits per heavy atom. The molecule has 0 spiro atoms. The number of aromatic nitrogens is 2. The van der Waals surface area contributed by atoms with Crippen molar-refractivity contribution in [3.63, 3.8) is 0 Å². The zero-order valence-corrected chi connectivity index (χ0v) is 10.2. The van der Waals surface area contributed by atoms with Crippen molar-refractivity contribution in [2.75, 3.05) is 13.2 Å². The van der Waals surface area contributed by atoms with Gasteiger partial charge in [-0.15, -0.1) is 0 Å². The van der Waals surface area contributed by atoms with E-state index in [0.29, 0.717) is 25.0 Å². The molecule has 0 aromatic carbocycles. The molecule has 0 radical (unpaired) electrons. The lowest BCUT2D eigenvalue weighted by atomic mass is 9.94. The Morgan fingerprint density at radius 2 is 2.41 bits per heavy atom. The standard InChI is InChI=1S/C12H19N3O2/c1-2-16-7-10-14-12(17-15-10)11-9-5-3-4-8(9)6-13-11/h8-9,11,13H,2-7H2,1H3. The number of ether oxygens (including phenoxy) is 1. The molecule has 1 aromatic rings. The molecule has 1 saturated heterocycles. The van der Waals surface area contributed by atoms with Crippen LogP contribution in [0.3, 0.4) is 0 Å². The summed E-state index contributed by atoms with van der Waals surface area (Å²) in [6.07, 6.45) is 3.97. The van der Waals surface area contributed by atoms with E-state index in [-0.39, 0.29) is 6.04 Å². The van der Waals surface area contributed by atoms with Crippen LogP contribution in [0.5, 0.6) is 0 Å². The van der Waals surface area contributed by atoms with Crippen LogP contribution in [-0.4, -0.2) is 23.3 Å². The van der Waals surface area contributed by atoms with Crippen molar-refractivity contribution in [3.05, 3.63) is 11.7 Å². The van der Waals surface area contributed by atoms with Crippen LogP contribution < -0.4 is 5.32 Å². The molecule has 1 aliphatic heterocycles. The molecule has 1 saturated carbocycles. The third-order valence-corrected chi connectivity index (χ3v) is 3.93. The van der Waals surface area contributed by atoms with Gasteiger partial charge in [-0.25, -0.2) is 0 Å². The van der Waals surface area contributed by atoms with E-state index in [2.05, 4.69) is 15.5 Å². The Balaban J connectivity index is 1.69. The number of fused-ring (bicyclic) bond motifs is 1. The molecule has 1 N–H and O–H groups in total. The largest absolute Gasteiger partial charge is 0.374 e. The van der Waals surface area contributed by atoms with Gasteiger partial charge in [0.2, 0.25) is 5.89 Å². The SMILES string of the molecule is CCOCc1noc(C2NCC3CCCC32)n1. The van der Waals surface area contributed by atoms with E-state index < -0.39 is 0 Å². The summed E-state index contributed by atoms with van der Waals surface area (Å²) in [5, 5.41) is 7.47. The number of rotatable bonds is 4. The van der Waals surface area contributed by atoms with Crippen molar-refractivity contribution in [2.24, 2.45) is 11.8 Å². The average Bonchev–Trinajstić information content (AvgIpc) is 3.01. The number of hydrogen-bond donors (Lipinski definition) is 1. The molecule has 0 amide bonds. The highest BCUT2D eigenvalue weighted by Crippen LogP contribution is 2.43. The molecule has 94 valence electrons. The Hall–Kier alpha value is -0.940. The second-order valence-corrected chi connectivity index (χ2v) is 4.93. The molecule has 17 heavy (non-hydrogen) atoms. The molecule has 5 nitrogen and oxygen atoms in total. The first kappa shape index (κ1) is 11.2. The fourth-order valence-electron chi connectivity index (χ4n) is 3.10. The first-order valence-electron chi connectivity index (χ1n) is 6.52. The smallest absolute Gasteiger partial charge is 0.244 e. The first-order valence-corrected chi connectivity index (χ1v) is 6.52. The van der Waals surface area contributed by atoms with Gasteiger partial charge >= 0.3 is 0 Å². The molecular formula is C12H19N3O2. The quantitative estimate of drug-likeness (QED) is 0.863. The third kappa shape index (κ3) is 2.09. The predicted molar refractivity (Wildman–Crippen MR) is 61.2 cm³/mol. The molecule has 3 unspecified atom stereocenters. The topological polar surface area (TPSA) is 60.2 Å². The van der Waals surface area contributed by atoms with Crippen molar-refractivity contribution in [2.45, 2.75) is 38.8 Å². The van der Waals surface area contributed by atoms with Crippen molar-refractivity contribution in [1.82, 2.24) is 15.5 Å². The third-order valence-electron chi connectivity index (χ3n) is 3.93. The van der Waals surface area contributed by atoms with Gasteiger partial charge in [0.15, 0.2) is 5.82 Å². The maximum atomic E-state index is 5.35. The monoisotopic (exact) mass is 237 g/mol. The summed E-state index contributed by atoms with van der Waals surface area (Å²) in [6, 6.07) is 0.269. The van der Waals surface area contributed by atoms with Crippen LogP contribution in [0.1, 0.15) is 43.9 Å². The van der Waals surface area contributed by atoms with Gasteiger partial charge in [-0.1, -0.05) is 11.6 Å². The maximum Gasteiger partial charge on any atom is 0.244 e. The van der Waals surface area contributed by atoms with E-state index in [4.69, 9.17) is 9.26 Å². The van der Waals surface area contributed by atoms with Crippen molar-refractivity contribution in [1.29, 1.82) is 0 Å². The minimum atomic E-state index is 0.269. The van der Waals surface area contributed by atoms with Gasteiger partial charge in [-0.2, -0.15) is 4.98 Å². The molecular weight excluding hydrogens is 218 g/mol. The summed E-state index contributed by atoms with van der Waals surface area (Å²) in [4.78, 5) is 4.42. The van der Waals surface area contributed by atoms with E-state index in [9.17, 15) is 0 Å². The highest BCUT2D eigenvalue weighted by Gasteiger charge is 2.42. The Morgan fingerprint density at radius 1 is 1.47 bits per heavy atom. The Bertz CT molecular complexity index is 380. The van der Waals surface area contributed by atoms with Gasteiger partial charge in [0, 0.05) is 6.61 Å². The second kappa shape index (κ2) is 4.74. The zero-order chi connectivity index (χ0) is 11.7.